The van der Waals surface area contributed by atoms with E-state index >= 15 is 0 Å². The highest BCUT2D eigenvalue weighted by atomic mass is 35.5. The minimum absolute atomic E-state index is 0.271. The predicted molar refractivity (Wildman–Crippen MR) is 76.5 cm³/mol. The number of hydrogen-bond donors (Lipinski definition) is 0. The zero-order valence-electron chi connectivity index (χ0n) is 10.7. The third-order valence-electron chi connectivity index (χ3n) is 2.95. The predicted octanol–water partition coefficient (Wildman–Crippen LogP) is 4.04. The SMILES string of the molecule is Cc1ccc(-n2nc(-c3ccc(F)cc3)nc2Cl)cc1. The molecule has 0 bridgehead atoms. The number of aromatic nitrogens is 3. The van der Waals surface area contributed by atoms with Crippen molar-refractivity contribution in [2.45, 2.75) is 6.92 Å². The molecule has 3 aromatic rings. The molecule has 0 N–H and O–H groups in total. The van der Waals surface area contributed by atoms with Crippen molar-refractivity contribution in [2.24, 2.45) is 0 Å². The molecule has 0 spiro atoms. The maximum absolute atomic E-state index is 12.9. The second kappa shape index (κ2) is 5.06. The summed E-state index contributed by atoms with van der Waals surface area (Å²) >= 11 is 6.12. The monoisotopic (exact) mass is 287 g/mol. The Labute approximate surface area is 120 Å². The molecule has 0 aliphatic rings. The zero-order valence-corrected chi connectivity index (χ0v) is 11.5. The van der Waals surface area contributed by atoms with Crippen molar-refractivity contribution in [1.82, 2.24) is 14.8 Å². The molecule has 5 heteroatoms. The Bertz CT molecular complexity index is 733. The van der Waals surface area contributed by atoms with Crippen molar-refractivity contribution >= 4 is 11.6 Å². The number of hydrogen-bond acceptors (Lipinski definition) is 2. The van der Waals surface area contributed by atoms with Crippen LogP contribution in [0.2, 0.25) is 5.28 Å². The summed E-state index contributed by atoms with van der Waals surface area (Å²) in [5, 5.41) is 4.63. The number of benzene rings is 2. The fourth-order valence-corrected chi connectivity index (χ4v) is 2.08. The molecule has 0 unspecified atom stereocenters. The molecule has 0 saturated carbocycles. The molecule has 0 saturated heterocycles. The second-order valence-electron chi connectivity index (χ2n) is 4.46. The summed E-state index contributed by atoms with van der Waals surface area (Å²) in [6.45, 7) is 2.01. The van der Waals surface area contributed by atoms with Crippen molar-refractivity contribution in [3.05, 3.63) is 65.2 Å². The van der Waals surface area contributed by atoms with Crippen LogP contribution in [0.25, 0.3) is 17.1 Å². The quantitative estimate of drug-likeness (QED) is 0.712. The minimum Gasteiger partial charge on any atom is -0.207 e. The van der Waals surface area contributed by atoms with Gasteiger partial charge in [-0.25, -0.2) is 9.07 Å². The Morgan fingerprint density at radius 3 is 2.30 bits per heavy atom. The Morgan fingerprint density at radius 1 is 1.00 bits per heavy atom. The Hall–Kier alpha value is -2.20. The Balaban J connectivity index is 2.02. The Morgan fingerprint density at radius 2 is 1.65 bits per heavy atom. The van der Waals surface area contributed by atoms with E-state index in [0.717, 1.165) is 16.8 Å². The molecule has 0 amide bonds. The van der Waals surface area contributed by atoms with Gasteiger partial charge in [0.15, 0.2) is 5.82 Å². The van der Waals surface area contributed by atoms with Gasteiger partial charge < -0.3 is 0 Å². The van der Waals surface area contributed by atoms with E-state index < -0.39 is 0 Å². The van der Waals surface area contributed by atoms with Gasteiger partial charge in [-0.3, -0.25) is 0 Å². The maximum Gasteiger partial charge on any atom is 0.226 e. The maximum atomic E-state index is 12.9. The van der Waals surface area contributed by atoms with Crippen LogP contribution in [0, 0.1) is 12.7 Å². The van der Waals surface area contributed by atoms with Crippen molar-refractivity contribution < 1.29 is 4.39 Å². The second-order valence-corrected chi connectivity index (χ2v) is 4.80. The lowest BCUT2D eigenvalue weighted by Crippen LogP contribution is -1.96. The summed E-state index contributed by atoms with van der Waals surface area (Å²) in [7, 11) is 0. The fraction of sp³-hybridized carbons (Fsp3) is 0.0667. The molecule has 2 aromatic carbocycles. The summed E-state index contributed by atoms with van der Waals surface area (Å²) in [5.41, 5.74) is 2.71. The topological polar surface area (TPSA) is 30.7 Å². The number of nitrogens with zero attached hydrogens (tertiary/aromatic N) is 3. The largest absolute Gasteiger partial charge is 0.226 e. The first-order chi connectivity index (χ1) is 9.63. The van der Waals surface area contributed by atoms with Gasteiger partial charge in [-0.1, -0.05) is 17.7 Å². The molecule has 0 atom stereocenters. The van der Waals surface area contributed by atoms with Crippen molar-refractivity contribution in [2.75, 3.05) is 0 Å². The Kier molecular flexibility index (Phi) is 3.24. The van der Waals surface area contributed by atoms with E-state index in [1.165, 1.54) is 12.1 Å². The van der Waals surface area contributed by atoms with Gasteiger partial charge in [0.25, 0.3) is 0 Å². The van der Waals surface area contributed by atoms with E-state index in [1.807, 2.05) is 31.2 Å². The standard InChI is InChI=1S/C15H11ClFN3/c1-10-2-8-13(9-3-10)20-15(16)18-14(19-20)11-4-6-12(17)7-5-11/h2-9H,1H3. The molecule has 0 aliphatic carbocycles. The van der Waals surface area contributed by atoms with E-state index in [1.54, 1.807) is 16.8 Å². The molecule has 3 nitrogen and oxygen atoms in total. The van der Waals surface area contributed by atoms with Crippen LogP contribution in [-0.4, -0.2) is 14.8 Å². The van der Waals surface area contributed by atoms with Gasteiger partial charge in [0.05, 0.1) is 5.69 Å². The van der Waals surface area contributed by atoms with Crippen LogP contribution < -0.4 is 0 Å². The van der Waals surface area contributed by atoms with Gasteiger partial charge in [0.1, 0.15) is 5.82 Å². The normalized spacial score (nSPS) is 10.8. The molecular weight excluding hydrogens is 277 g/mol. The van der Waals surface area contributed by atoms with Crippen LogP contribution in [0.1, 0.15) is 5.56 Å². The molecular formula is C15H11ClFN3. The van der Waals surface area contributed by atoms with E-state index in [-0.39, 0.29) is 11.1 Å². The summed E-state index contributed by atoms with van der Waals surface area (Å²) in [4.78, 5) is 4.20. The number of aryl methyl sites for hydroxylation is 1. The fourth-order valence-electron chi connectivity index (χ4n) is 1.86. The van der Waals surface area contributed by atoms with Crippen LogP contribution in [0.4, 0.5) is 4.39 Å². The zero-order chi connectivity index (χ0) is 14.1. The van der Waals surface area contributed by atoms with Crippen molar-refractivity contribution in [1.29, 1.82) is 0 Å². The molecule has 20 heavy (non-hydrogen) atoms. The molecule has 3 rings (SSSR count). The van der Waals surface area contributed by atoms with Crippen LogP contribution in [-0.2, 0) is 0 Å². The smallest absolute Gasteiger partial charge is 0.207 e. The summed E-state index contributed by atoms with van der Waals surface area (Å²) in [5.74, 6) is 0.174. The molecule has 0 fully saturated rings. The van der Waals surface area contributed by atoms with Gasteiger partial charge >= 0.3 is 0 Å². The average Bonchev–Trinajstić information content (AvgIpc) is 2.82. The summed E-state index contributed by atoms with van der Waals surface area (Å²) < 4.78 is 14.5. The first kappa shape index (κ1) is 12.8. The third kappa shape index (κ3) is 2.42. The number of rotatable bonds is 2. The molecule has 100 valence electrons. The highest BCUT2D eigenvalue weighted by Gasteiger charge is 2.11. The third-order valence-corrected chi connectivity index (χ3v) is 3.19. The molecule has 1 aromatic heterocycles. The van der Waals surface area contributed by atoms with Crippen LogP contribution in [0.3, 0.4) is 0 Å². The van der Waals surface area contributed by atoms with Gasteiger partial charge in [-0.15, -0.1) is 5.10 Å². The first-order valence-corrected chi connectivity index (χ1v) is 6.47. The summed E-state index contributed by atoms with van der Waals surface area (Å²) in [6, 6.07) is 13.8. The van der Waals surface area contributed by atoms with E-state index in [4.69, 9.17) is 11.6 Å². The highest BCUT2D eigenvalue weighted by Crippen LogP contribution is 2.21. The first-order valence-electron chi connectivity index (χ1n) is 6.09. The van der Waals surface area contributed by atoms with Crippen LogP contribution in [0.5, 0.6) is 0 Å². The van der Waals surface area contributed by atoms with Gasteiger partial charge in [-0.05, 0) is 54.9 Å². The highest BCUT2D eigenvalue weighted by molar-refractivity contribution is 6.28. The van der Waals surface area contributed by atoms with Gasteiger partial charge in [-0.2, -0.15) is 4.98 Å². The number of halogens is 2. The lowest BCUT2D eigenvalue weighted by Gasteiger charge is -2.01. The minimum atomic E-state index is -0.294. The van der Waals surface area contributed by atoms with Crippen molar-refractivity contribution in [3.63, 3.8) is 0 Å². The van der Waals surface area contributed by atoms with E-state index in [0.29, 0.717) is 5.82 Å². The van der Waals surface area contributed by atoms with E-state index in [2.05, 4.69) is 10.1 Å². The van der Waals surface area contributed by atoms with Gasteiger partial charge in [0.2, 0.25) is 5.28 Å². The average molecular weight is 288 g/mol. The molecule has 0 radical (unpaired) electrons. The van der Waals surface area contributed by atoms with Crippen LogP contribution >= 0.6 is 11.6 Å². The summed E-state index contributed by atoms with van der Waals surface area (Å²) in [6.07, 6.45) is 0. The lowest BCUT2D eigenvalue weighted by molar-refractivity contribution is 0.628. The lowest BCUT2D eigenvalue weighted by atomic mass is 10.2. The van der Waals surface area contributed by atoms with Crippen LogP contribution in [0.15, 0.2) is 48.5 Å². The van der Waals surface area contributed by atoms with Gasteiger partial charge in [0, 0.05) is 5.56 Å². The van der Waals surface area contributed by atoms with Crippen molar-refractivity contribution in [3.8, 4) is 17.1 Å². The molecule has 1 heterocycles. The van der Waals surface area contributed by atoms with E-state index in [9.17, 15) is 4.39 Å². The molecule has 0 aliphatic heterocycles.